The van der Waals surface area contributed by atoms with Crippen LogP contribution in [0.2, 0.25) is 0 Å². The number of aromatic nitrogens is 1. The van der Waals surface area contributed by atoms with Crippen molar-refractivity contribution in [1.29, 1.82) is 0 Å². The number of amides is 1. The lowest BCUT2D eigenvalue weighted by Crippen LogP contribution is -2.17. The third-order valence-corrected chi connectivity index (χ3v) is 5.48. The Morgan fingerprint density at radius 1 is 0.966 bits per heavy atom. The van der Waals surface area contributed by atoms with Crippen molar-refractivity contribution in [2.24, 2.45) is 4.99 Å². The molecule has 0 aliphatic rings. The number of thiazole rings is 1. The van der Waals surface area contributed by atoms with Crippen LogP contribution < -0.4 is 14.3 Å². The van der Waals surface area contributed by atoms with Crippen molar-refractivity contribution in [1.82, 2.24) is 4.57 Å². The number of fused-ring (bicyclic) bond motifs is 1. The molecule has 1 amide bonds. The van der Waals surface area contributed by atoms with Gasteiger partial charge >= 0.3 is 5.97 Å². The molecule has 1 heterocycles. The molecule has 29 heavy (non-hydrogen) atoms. The number of esters is 1. The van der Waals surface area contributed by atoms with Gasteiger partial charge < -0.3 is 18.8 Å². The normalized spacial score (nSPS) is 11.5. The van der Waals surface area contributed by atoms with Crippen molar-refractivity contribution in [3.05, 3.63) is 52.3 Å². The minimum atomic E-state index is -0.453. The Labute approximate surface area is 172 Å². The summed E-state index contributed by atoms with van der Waals surface area (Å²) in [7, 11) is 4.53. The maximum Gasteiger partial charge on any atom is 0.337 e. The van der Waals surface area contributed by atoms with Crippen molar-refractivity contribution < 1.29 is 23.8 Å². The second-order valence-electron chi connectivity index (χ2n) is 6.17. The van der Waals surface area contributed by atoms with Gasteiger partial charge in [-0.05, 0) is 42.8 Å². The quantitative estimate of drug-likeness (QED) is 0.575. The average Bonchev–Trinajstić information content (AvgIpc) is 3.11. The van der Waals surface area contributed by atoms with Crippen LogP contribution in [0.25, 0.3) is 10.2 Å². The number of ether oxygens (including phenoxy) is 3. The van der Waals surface area contributed by atoms with Crippen LogP contribution in [-0.4, -0.2) is 37.8 Å². The largest absolute Gasteiger partial charge is 0.495 e. The average molecular weight is 414 g/mol. The minimum absolute atomic E-state index is 0.376. The molecule has 8 heteroatoms. The molecular formula is C21H22N2O5S. The van der Waals surface area contributed by atoms with Crippen LogP contribution in [0.4, 0.5) is 0 Å². The topological polar surface area (TPSA) is 79.1 Å². The predicted octanol–water partition coefficient (Wildman–Crippen LogP) is 3.66. The van der Waals surface area contributed by atoms with Gasteiger partial charge in [-0.3, -0.25) is 4.79 Å². The van der Waals surface area contributed by atoms with Crippen LogP contribution in [0, 0.1) is 0 Å². The molecule has 0 aliphatic heterocycles. The number of nitrogens with zero attached hydrogens (tertiary/aromatic N) is 2. The van der Waals surface area contributed by atoms with E-state index in [-0.39, 0.29) is 0 Å². The highest BCUT2D eigenvalue weighted by atomic mass is 32.1. The summed E-state index contributed by atoms with van der Waals surface area (Å²) in [6.07, 6.45) is 0.863. The van der Waals surface area contributed by atoms with Gasteiger partial charge in [0, 0.05) is 12.1 Å². The molecule has 0 bridgehead atoms. The van der Waals surface area contributed by atoms with E-state index in [1.165, 1.54) is 18.4 Å². The van der Waals surface area contributed by atoms with Crippen molar-refractivity contribution in [3.63, 3.8) is 0 Å². The van der Waals surface area contributed by atoms with E-state index in [0.29, 0.717) is 34.0 Å². The standard InChI is InChI=1S/C21H22N2O5S/c1-5-12-23-17-15(26-2)10-11-16(27-3)18(17)29-21(23)22-19(24)13-6-8-14(9-7-13)20(25)28-4/h6-11H,5,12H2,1-4H3. The fourth-order valence-corrected chi connectivity index (χ4v) is 4.15. The number of carbonyl (C=O) groups is 2. The molecule has 0 atom stereocenters. The van der Waals surface area contributed by atoms with Crippen molar-refractivity contribution in [2.75, 3.05) is 21.3 Å². The van der Waals surface area contributed by atoms with Crippen LogP contribution >= 0.6 is 11.3 Å². The summed E-state index contributed by atoms with van der Waals surface area (Å²) in [5, 5.41) is 0. The van der Waals surface area contributed by atoms with Gasteiger partial charge in [-0.1, -0.05) is 18.3 Å². The maximum absolute atomic E-state index is 12.8. The summed E-state index contributed by atoms with van der Waals surface area (Å²) in [4.78, 5) is 29.2. The first-order chi connectivity index (χ1) is 14.0. The summed E-state index contributed by atoms with van der Waals surface area (Å²) in [6.45, 7) is 2.73. The smallest absolute Gasteiger partial charge is 0.337 e. The Balaban J connectivity index is 2.12. The van der Waals surface area contributed by atoms with Gasteiger partial charge in [0.1, 0.15) is 21.7 Å². The third-order valence-electron chi connectivity index (χ3n) is 4.39. The molecule has 3 aromatic rings. The molecule has 0 aliphatic carbocycles. The Hall–Kier alpha value is -3.13. The van der Waals surface area contributed by atoms with Gasteiger partial charge in [-0.15, -0.1) is 0 Å². The minimum Gasteiger partial charge on any atom is -0.495 e. The molecule has 0 saturated carbocycles. The second kappa shape index (κ2) is 8.91. The molecule has 0 spiro atoms. The van der Waals surface area contributed by atoms with E-state index in [0.717, 1.165) is 16.6 Å². The first-order valence-corrected chi connectivity index (χ1v) is 9.87. The van der Waals surface area contributed by atoms with E-state index in [9.17, 15) is 9.59 Å². The number of hydrogen-bond donors (Lipinski definition) is 0. The SMILES string of the molecule is CCCn1c(=NC(=O)c2ccc(C(=O)OC)cc2)sc2c(OC)ccc(OC)c21. The predicted molar refractivity (Wildman–Crippen MR) is 111 cm³/mol. The lowest BCUT2D eigenvalue weighted by atomic mass is 10.1. The Morgan fingerprint density at radius 2 is 1.59 bits per heavy atom. The molecular weight excluding hydrogens is 392 g/mol. The van der Waals surface area contributed by atoms with Gasteiger partial charge in [-0.25, -0.2) is 4.79 Å². The molecule has 152 valence electrons. The summed E-state index contributed by atoms with van der Waals surface area (Å²) >= 11 is 1.38. The number of methoxy groups -OCH3 is 3. The van der Waals surface area contributed by atoms with E-state index in [1.54, 1.807) is 38.5 Å². The zero-order valence-electron chi connectivity index (χ0n) is 16.7. The van der Waals surface area contributed by atoms with Gasteiger partial charge in [0.2, 0.25) is 0 Å². The fraction of sp³-hybridized carbons (Fsp3) is 0.286. The Kier molecular flexibility index (Phi) is 6.33. The number of aryl methyl sites for hydroxylation is 1. The summed E-state index contributed by atoms with van der Waals surface area (Å²) < 4.78 is 18.5. The molecule has 0 unspecified atom stereocenters. The van der Waals surface area contributed by atoms with Crippen LogP contribution in [0.15, 0.2) is 41.4 Å². The first kappa shape index (κ1) is 20.6. The van der Waals surface area contributed by atoms with E-state index >= 15 is 0 Å². The summed E-state index contributed by atoms with van der Waals surface area (Å²) in [5.41, 5.74) is 1.62. The van der Waals surface area contributed by atoms with Crippen molar-refractivity contribution in [3.8, 4) is 11.5 Å². The molecule has 0 radical (unpaired) electrons. The molecule has 0 N–H and O–H groups in total. The van der Waals surface area contributed by atoms with Crippen LogP contribution in [-0.2, 0) is 11.3 Å². The van der Waals surface area contributed by atoms with Crippen LogP contribution in [0.5, 0.6) is 11.5 Å². The summed E-state index contributed by atoms with van der Waals surface area (Å²) in [5.74, 6) is 0.551. The first-order valence-electron chi connectivity index (χ1n) is 9.05. The van der Waals surface area contributed by atoms with E-state index in [4.69, 9.17) is 9.47 Å². The van der Waals surface area contributed by atoms with Gasteiger partial charge in [0.15, 0.2) is 4.80 Å². The molecule has 1 aromatic heterocycles. The lowest BCUT2D eigenvalue weighted by molar-refractivity contribution is 0.0600. The van der Waals surface area contributed by atoms with Gasteiger partial charge in [0.25, 0.3) is 5.91 Å². The Bertz CT molecular complexity index is 1110. The maximum atomic E-state index is 12.8. The number of hydrogen-bond acceptors (Lipinski definition) is 6. The monoisotopic (exact) mass is 414 g/mol. The van der Waals surface area contributed by atoms with Gasteiger partial charge in [-0.2, -0.15) is 4.99 Å². The van der Waals surface area contributed by atoms with Crippen LogP contribution in [0.1, 0.15) is 34.1 Å². The highest BCUT2D eigenvalue weighted by Gasteiger charge is 2.16. The molecule has 2 aromatic carbocycles. The fourth-order valence-electron chi connectivity index (χ4n) is 2.99. The molecule has 0 saturated heterocycles. The van der Waals surface area contributed by atoms with Gasteiger partial charge in [0.05, 0.1) is 26.9 Å². The van der Waals surface area contributed by atoms with Crippen molar-refractivity contribution in [2.45, 2.75) is 19.9 Å². The number of rotatable bonds is 6. The van der Waals surface area contributed by atoms with E-state index in [1.807, 2.05) is 16.7 Å². The third kappa shape index (κ3) is 4.02. The number of carbonyl (C=O) groups excluding carboxylic acids is 2. The van der Waals surface area contributed by atoms with E-state index in [2.05, 4.69) is 16.7 Å². The zero-order valence-corrected chi connectivity index (χ0v) is 17.5. The lowest BCUT2D eigenvalue weighted by Gasteiger charge is -2.09. The van der Waals surface area contributed by atoms with Crippen LogP contribution in [0.3, 0.4) is 0 Å². The molecule has 3 rings (SSSR count). The summed E-state index contributed by atoms with van der Waals surface area (Å²) in [6, 6.07) is 9.91. The second-order valence-corrected chi connectivity index (χ2v) is 7.15. The Morgan fingerprint density at radius 3 is 2.17 bits per heavy atom. The zero-order chi connectivity index (χ0) is 21.0. The molecule has 7 nitrogen and oxygen atoms in total. The highest BCUT2D eigenvalue weighted by Crippen LogP contribution is 2.35. The molecule has 0 fully saturated rings. The number of benzene rings is 2. The highest BCUT2D eigenvalue weighted by molar-refractivity contribution is 7.16. The van der Waals surface area contributed by atoms with Crippen molar-refractivity contribution >= 4 is 33.4 Å². The van der Waals surface area contributed by atoms with E-state index < -0.39 is 11.9 Å².